The van der Waals surface area contributed by atoms with Gasteiger partial charge < -0.3 is 26.2 Å². The van der Waals surface area contributed by atoms with E-state index in [-0.39, 0.29) is 23.8 Å². The molecule has 8 nitrogen and oxygen atoms in total. The Morgan fingerprint density at radius 1 is 1.10 bits per heavy atom. The zero-order valence-corrected chi connectivity index (χ0v) is 23.4. The number of carbonyl (C=O) groups excluding carboxylic acids is 3. The molecule has 7 rings (SSSR count). The summed E-state index contributed by atoms with van der Waals surface area (Å²) in [7, 11) is 1.56. The summed E-state index contributed by atoms with van der Waals surface area (Å²) < 4.78 is 28.8. The minimum absolute atomic E-state index is 0.0264. The Kier molecular flexibility index (Phi) is 6.27. The third-order valence-electron chi connectivity index (χ3n) is 9.77. The van der Waals surface area contributed by atoms with E-state index in [4.69, 9.17) is 0 Å². The molecule has 2 spiro atoms. The van der Waals surface area contributed by atoms with Crippen molar-refractivity contribution >= 4 is 36.7 Å². The van der Waals surface area contributed by atoms with Crippen LogP contribution in [-0.2, 0) is 27.2 Å². The molecule has 4 N–H and O–H groups in total. The number of benzene rings is 2. The van der Waals surface area contributed by atoms with Gasteiger partial charge in [0.2, 0.25) is 17.7 Å². The summed E-state index contributed by atoms with van der Waals surface area (Å²) in [6.07, 6.45) is 8.25. The van der Waals surface area contributed by atoms with Gasteiger partial charge >= 0.3 is 0 Å². The third-order valence-corrected chi connectivity index (χ3v) is 9.77. The molecule has 11 heteroatoms. The molecule has 1 saturated carbocycles. The largest absolute Gasteiger partial charge is 0.368 e. The number of hydrogen-bond donors (Lipinski definition) is 4. The second-order valence-electron chi connectivity index (χ2n) is 12.2. The van der Waals surface area contributed by atoms with Crippen molar-refractivity contribution in [2.24, 2.45) is 5.41 Å². The van der Waals surface area contributed by atoms with Crippen LogP contribution < -0.4 is 26.7 Å². The number of piperazine rings is 1. The van der Waals surface area contributed by atoms with Gasteiger partial charge in [0, 0.05) is 30.4 Å². The number of dihydropyridines is 1. The predicted octanol–water partition coefficient (Wildman–Crippen LogP) is 1.23. The van der Waals surface area contributed by atoms with Crippen molar-refractivity contribution in [3.05, 3.63) is 82.2 Å². The fourth-order valence-corrected chi connectivity index (χ4v) is 7.58. The highest BCUT2D eigenvalue weighted by Crippen LogP contribution is 2.48. The number of halogens is 2. The molecular weight excluding hydrogens is 539 g/mol. The maximum absolute atomic E-state index is 14.5. The van der Waals surface area contributed by atoms with Crippen LogP contribution in [0.25, 0.3) is 0 Å². The number of rotatable bonds is 4. The van der Waals surface area contributed by atoms with Crippen molar-refractivity contribution in [2.75, 3.05) is 25.0 Å². The standard InChI is InChI=1S/C31H32BF2N5O3/c32-26-21(11-19(33)12-23(26)34)24-15-36-31(7-1-2-8-31)29(42)39(24)16-25(40)37-20-6-5-17-13-30(14-18(17)10-20)22-4-3-9-35-27(22)38-28(30)41/h3-6,10-12,24,35-36H,1-2,7-9,13-16,32H2,(H,37,40)(H,38,41)/t24-,30+/m0/s1. The number of nitrogens with zero attached hydrogens (tertiary/aromatic N) is 1. The van der Waals surface area contributed by atoms with Crippen molar-refractivity contribution < 1.29 is 23.2 Å². The van der Waals surface area contributed by atoms with Gasteiger partial charge in [-0.3, -0.25) is 14.4 Å². The van der Waals surface area contributed by atoms with Crippen molar-refractivity contribution in [2.45, 2.75) is 50.1 Å². The van der Waals surface area contributed by atoms with E-state index in [0.717, 1.165) is 41.4 Å². The molecular formula is C31H32BF2N5O3. The minimum Gasteiger partial charge on any atom is -0.368 e. The SMILES string of the molecule is Bc1c(F)cc(F)cc1[C@@H]1CNC2(CCCC2)C(=O)N1CC(=O)Nc1ccc2c(c1)C[C@@]1(C2)C(=O)NC2=C1C=CCN2. The molecule has 2 aliphatic carbocycles. The molecule has 2 aromatic carbocycles. The Balaban J connectivity index is 1.13. The molecule has 3 amide bonds. The fourth-order valence-electron chi connectivity index (χ4n) is 7.58. The fraction of sp³-hybridized carbons (Fsp3) is 0.387. The molecule has 3 heterocycles. The first-order valence-corrected chi connectivity index (χ1v) is 14.6. The van der Waals surface area contributed by atoms with Crippen molar-refractivity contribution in [3.63, 3.8) is 0 Å². The van der Waals surface area contributed by atoms with Crippen LogP contribution in [0.3, 0.4) is 0 Å². The van der Waals surface area contributed by atoms with Crippen molar-refractivity contribution in [1.29, 1.82) is 0 Å². The quantitative estimate of drug-likeness (QED) is 0.414. The molecule has 2 fully saturated rings. The van der Waals surface area contributed by atoms with Gasteiger partial charge in [-0.15, -0.1) is 0 Å². The van der Waals surface area contributed by atoms with Crippen LogP contribution >= 0.6 is 0 Å². The summed E-state index contributed by atoms with van der Waals surface area (Å²) >= 11 is 0. The molecule has 5 aliphatic rings. The summed E-state index contributed by atoms with van der Waals surface area (Å²) in [5.41, 5.74) is 2.77. The lowest BCUT2D eigenvalue weighted by atomic mass is 9.78. The van der Waals surface area contributed by atoms with Crippen LogP contribution in [0.4, 0.5) is 14.5 Å². The van der Waals surface area contributed by atoms with Crippen molar-refractivity contribution in [3.8, 4) is 0 Å². The third kappa shape index (κ3) is 4.16. The molecule has 3 aliphatic heterocycles. The maximum Gasteiger partial charge on any atom is 0.244 e. The number of fused-ring (bicyclic) bond motifs is 2. The van der Waals surface area contributed by atoms with E-state index in [9.17, 15) is 23.2 Å². The Labute approximate surface area is 243 Å². The van der Waals surface area contributed by atoms with Gasteiger partial charge in [-0.05, 0) is 66.0 Å². The summed E-state index contributed by atoms with van der Waals surface area (Å²) in [5, 5.41) is 12.5. The Morgan fingerprint density at radius 2 is 1.88 bits per heavy atom. The van der Waals surface area contributed by atoms with E-state index >= 15 is 0 Å². The number of hydrogen-bond acceptors (Lipinski definition) is 5. The molecule has 0 aromatic heterocycles. The van der Waals surface area contributed by atoms with Gasteiger partial charge in [-0.2, -0.15) is 0 Å². The van der Waals surface area contributed by atoms with Crippen LogP contribution in [0.5, 0.6) is 0 Å². The number of anilines is 1. The van der Waals surface area contributed by atoms with Gasteiger partial charge in [0.15, 0.2) is 0 Å². The van der Waals surface area contributed by atoms with Crippen LogP contribution in [-0.4, -0.2) is 55.6 Å². The smallest absolute Gasteiger partial charge is 0.244 e. The molecule has 1 saturated heterocycles. The highest BCUT2D eigenvalue weighted by Gasteiger charge is 2.52. The molecule has 42 heavy (non-hydrogen) atoms. The Bertz CT molecular complexity index is 1600. The molecule has 0 unspecified atom stereocenters. The summed E-state index contributed by atoms with van der Waals surface area (Å²) in [6, 6.07) is 7.04. The van der Waals surface area contributed by atoms with E-state index in [1.165, 1.54) is 11.0 Å². The summed E-state index contributed by atoms with van der Waals surface area (Å²) in [6.45, 7) is 0.719. The van der Waals surface area contributed by atoms with E-state index in [0.29, 0.717) is 50.0 Å². The van der Waals surface area contributed by atoms with Crippen LogP contribution in [0, 0.1) is 17.0 Å². The summed E-state index contributed by atoms with van der Waals surface area (Å²) in [4.78, 5) is 41.9. The second-order valence-corrected chi connectivity index (χ2v) is 12.2. The molecule has 0 radical (unpaired) electrons. The number of allylic oxidation sites excluding steroid dienone is 1. The molecule has 216 valence electrons. The van der Waals surface area contributed by atoms with Gasteiger partial charge in [0.05, 0.1) is 17.0 Å². The average molecular weight is 571 g/mol. The maximum atomic E-state index is 14.5. The lowest BCUT2D eigenvalue weighted by Gasteiger charge is -2.45. The van der Waals surface area contributed by atoms with E-state index in [1.54, 1.807) is 7.85 Å². The normalized spacial score (nSPS) is 25.6. The van der Waals surface area contributed by atoms with Crippen LogP contribution in [0.1, 0.15) is 48.4 Å². The number of carbonyl (C=O) groups is 3. The highest BCUT2D eigenvalue weighted by atomic mass is 19.1. The second kappa shape index (κ2) is 9.79. The lowest BCUT2D eigenvalue weighted by molar-refractivity contribution is -0.147. The first-order chi connectivity index (χ1) is 20.2. The zero-order valence-electron chi connectivity index (χ0n) is 23.4. The Hall–Kier alpha value is -3.99. The first kappa shape index (κ1) is 26.9. The molecule has 2 atom stereocenters. The van der Waals surface area contributed by atoms with Gasteiger partial charge in [-0.1, -0.05) is 31.1 Å². The average Bonchev–Trinajstić information content (AvgIpc) is 3.66. The Morgan fingerprint density at radius 3 is 2.69 bits per heavy atom. The molecule has 2 aromatic rings. The number of amides is 3. The van der Waals surface area contributed by atoms with Gasteiger partial charge in [-0.25, -0.2) is 8.78 Å². The van der Waals surface area contributed by atoms with Crippen molar-refractivity contribution in [1.82, 2.24) is 20.9 Å². The van der Waals surface area contributed by atoms with E-state index < -0.39 is 34.5 Å². The van der Waals surface area contributed by atoms with E-state index in [2.05, 4.69) is 21.3 Å². The monoisotopic (exact) mass is 571 g/mol. The topological polar surface area (TPSA) is 103 Å². The molecule has 0 bridgehead atoms. The van der Waals surface area contributed by atoms with Crippen LogP contribution in [0.15, 0.2) is 53.9 Å². The van der Waals surface area contributed by atoms with Gasteiger partial charge in [0.1, 0.15) is 31.8 Å². The lowest BCUT2D eigenvalue weighted by Crippen LogP contribution is -2.65. The first-order valence-electron chi connectivity index (χ1n) is 14.6. The summed E-state index contributed by atoms with van der Waals surface area (Å²) in [5.74, 6) is -1.27. The van der Waals surface area contributed by atoms with Crippen LogP contribution in [0.2, 0.25) is 0 Å². The number of nitrogens with one attached hydrogen (secondary N) is 4. The minimum atomic E-state index is -0.754. The predicted molar refractivity (Wildman–Crippen MR) is 155 cm³/mol. The zero-order chi connectivity index (χ0) is 29.2. The van der Waals surface area contributed by atoms with Gasteiger partial charge in [0.25, 0.3) is 0 Å². The van der Waals surface area contributed by atoms with E-state index in [1.807, 2.05) is 30.4 Å². The highest BCUT2D eigenvalue weighted by molar-refractivity contribution is 6.33.